The SMILES string of the molecule is CNCC1CCCN(Cc2cccc(Cl)c2F)C1. The smallest absolute Gasteiger partial charge is 0.146 e. The minimum Gasteiger partial charge on any atom is -0.319 e. The highest BCUT2D eigenvalue weighted by atomic mass is 35.5. The zero-order valence-electron chi connectivity index (χ0n) is 10.8. The van der Waals surface area contributed by atoms with Gasteiger partial charge in [-0.25, -0.2) is 4.39 Å². The Bertz CT molecular complexity index is 395. The molecule has 2 nitrogen and oxygen atoms in total. The Balaban J connectivity index is 1.98. The number of piperidine rings is 1. The number of likely N-dealkylation sites (tertiary alicyclic amines) is 1. The van der Waals surface area contributed by atoms with Crippen LogP contribution in [0.15, 0.2) is 18.2 Å². The largest absolute Gasteiger partial charge is 0.319 e. The highest BCUT2D eigenvalue weighted by molar-refractivity contribution is 6.30. The summed E-state index contributed by atoms with van der Waals surface area (Å²) in [6, 6.07) is 5.24. The lowest BCUT2D eigenvalue weighted by Crippen LogP contribution is -2.38. The van der Waals surface area contributed by atoms with Crippen LogP contribution in [0.3, 0.4) is 0 Å². The Morgan fingerprint density at radius 1 is 1.50 bits per heavy atom. The fourth-order valence-electron chi connectivity index (χ4n) is 2.66. The van der Waals surface area contributed by atoms with E-state index in [1.807, 2.05) is 19.2 Å². The lowest BCUT2D eigenvalue weighted by Gasteiger charge is -2.32. The fraction of sp³-hybridized carbons (Fsp3) is 0.571. The first-order chi connectivity index (χ1) is 8.70. The Labute approximate surface area is 113 Å². The van der Waals surface area contributed by atoms with Crippen LogP contribution < -0.4 is 5.32 Å². The molecule has 0 aromatic heterocycles. The normalized spacial score (nSPS) is 21.2. The van der Waals surface area contributed by atoms with Gasteiger partial charge in [-0.2, -0.15) is 0 Å². The Hall–Kier alpha value is -0.640. The lowest BCUT2D eigenvalue weighted by molar-refractivity contribution is 0.165. The van der Waals surface area contributed by atoms with Gasteiger partial charge in [0.1, 0.15) is 5.82 Å². The molecule has 0 saturated carbocycles. The Morgan fingerprint density at radius 3 is 3.11 bits per heavy atom. The topological polar surface area (TPSA) is 15.3 Å². The van der Waals surface area contributed by atoms with Crippen LogP contribution in [-0.4, -0.2) is 31.6 Å². The van der Waals surface area contributed by atoms with Gasteiger partial charge in [0.15, 0.2) is 0 Å². The fourth-order valence-corrected chi connectivity index (χ4v) is 2.86. The number of rotatable bonds is 4. The zero-order valence-corrected chi connectivity index (χ0v) is 11.5. The molecular formula is C14H20ClFN2. The molecule has 0 spiro atoms. The van der Waals surface area contributed by atoms with Crippen molar-refractivity contribution in [3.63, 3.8) is 0 Å². The molecule has 1 aliphatic heterocycles. The van der Waals surface area contributed by atoms with Crippen molar-refractivity contribution in [1.82, 2.24) is 10.2 Å². The molecule has 0 radical (unpaired) electrons. The number of hydrogen-bond donors (Lipinski definition) is 1. The minimum absolute atomic E-state index is 0.219. The van der Waals surface area contributed by atoms with Crippen LogP contribution in [0.25, 0.3) is 0 Å². The first-order valence-corrected chi connectivity index (χ1v) is 6.88. The average molecular weight is 271 g/mol. The summed E-state index contributed by atoms with van der Waals surface area (Å²) >= 11 is 5.81. The van der Waals surface area contributed by atoms with Gasteiger partial charge in [0, 0.05) is 18.7 Å². The second-order valence-corrected chi connectivity index (χ2v) is 5.42. The Morgan fingerprint density at radius 2 is 2.33 bits per heavy atom. The van der Waals surface area contributed by atoms with Gasteiger partial charge in [-0.15, -0.1) is 0 Å². The third-order valence-corrected chi connectivity index (χ3v) is 3.81. The average Bonchev–Trinajstić information content (AvgIpc) is 2.36. The van der Waals surface area contributed by atoms with Crippen LogP contribution in [0.1, 0.15) is 18.4 Å². The van der Waals surface area contributed by atoms with Crippen LogP contribution in [0.4, 0.5) is 4.39 Å². The standard InChI is InChI=1S/C14H20ClFN2/c1-17-8-11-4-3-7-18(9-11)10-12-5-2-6-13(15)14(12)16/h2,5-6,11,17H,3-4,7-10H2,1H3. The first-order valence-electron chi connectivity index (χ1n) is 6.50. The molecule has 0 amide bonds. The maximum absolute atomic E-state index is 13.8. The minimum atomic E-state index is -0.269. The molecular weight excluding hydrogens is 251 g/mol. The second-order valence-electron chi connectivity index (χ2n) is 5.01. The van der Waals surface area contributed by atoms with Gasteiger partial charge in [-0.3, -0.25) is 4.90 Å². The van der Waals surface area contributed by atoms with Gasteiger partial charge in [0.2, 0.25) is 0 Å². The summed E-state index contributed by atoms with van der Waals surface area (Å²) in [5.74, 6) is 0.404. The van der Waals surface area contributed by atoms with Crippen molar-refractivity contribution in [3.8, 4) is 0 Å². The van der Waals surface area contributed by atoms with Gasteiger partial charge < -0.3 is 5.32 Å². The molecule has 1 aromatic rings. The number of hydrogen-bond acceptors (Lipinski definition) is 2. The van der Waals surface area contributed by atoms with Crippen molar-refractivity contribution < 1.29 is 4.39 Å². The van der Waals surface area contributed by atoms with Crippen LogP contribution >= 0.6 is 11.6 Å². The third-order valence-electron chi connectivity index (χ3n) is 3.52. The molecule has 1 aliphatic rings. The summed E-state index contributed by atoms with van der Waals surface area (Å²) < 4.78 is 13.8. The van der Waals surface area contributed by atoms with E-state index in [-0.39, 0.29) is 10.8 Å². The van der Waals surface area contributed by atoms with Gasteiger partial charge in [0.25, 0.3) is 0 Å². The van der Waals surface area contributed by atoms with Crippen LogP contribution in [0.2, 0.25) is 5.02 Å². The summed E-state index contributed by atoms with van der Waals surface area (Å²) in [6.07, 6.45) is 2.45. The van der Waals surface area contributed by atoms with Crippen molar-refractivity contribution in [2.45, 2.75) is 19.4 Å². The highest BCUT2D eigenvalue weighted by Crippen LogP contribution is 2.22. The molecule has 1 heterocycles. The number of nitrogens with zero attached hydrogens (tertiary/aromatic N) is 1. The number of benzene rings is 1. The zero-order chi connectivity index (χ0) is 13.0. The van der Waals surface area contributed by atoms with E-state index in [1.54, 1.807) is 6.07 Å². The van der Waals surface area contributed by atoms with E-state index in [2.05, 4.69) is 10.2 Å². The van der Waals surface area contributed by atoms with Gasteiger partial charge >= 0.3 is 0 Å². The maximum atomic E-state index is 13.8. The van der Waals surface area contributed by atoms with E-state index in [0.717, 1.165) is 19.6 Å². The monoisotopic (exact) mass is 270 g/mol. The van der Waals surface area contributed by atoms with Crippen LogP contribution in [-0.2, 0) is 6.54 Å². The summed E-state index contributed by atoms with van der Waals surface area (Å²) in [7, 11) is 1.98. The summed E-state index contributed by atoms with van der Waals surface area (Å²) in [5, 5.41) is 3.44. The van der Waals surface area contributed by atoms with Gasteiger partial charge in [-0.05, 0) is 45.0 Å². The molecule has 1 unspecified atom stereocenters. The molecule has 0 aliphatic carbocycles. The summed E-state index contributed by atoms with van der Waals surface area (Å²) in [6.45, 7) is 3.78. The Kier molecular flexibility index (Phi) is 4.98. The molecule has 0 bridgehead atoms. The molecule has 1 N–H and O–H groups in total. The van der Waals surface area contributed by atoms with E-state index in [4.69, 9.17) is 11.6 Å². The maximum Gasteiger partial charge on any atom is 0.146 e. The van der Waals surface area contributed by atoms with Crippen molar-refractivity contribution in [2.75, 3.05) is 26.7 Å². The molecule has 1 fully saturated rings. The van der Waals surface area contributed by atoms with E-state index in [1.165, 1.54) is 12.8 Å². The lowest BCUT2D eigenvalue weighted by atomic mass is 9.97. The molecule has 1 atom stereocenters. The molecule has 4 heteroatoms. The van der Waals surface area contributed by atoms with E-state index in [0.29, 0.717) is 18.0 Å². The number of halogens is 2. The third kappa shape index (κ3) is 3.44. The quantitative estimate of drug-likeness (QED) is 0.905. The molecule has 1 saturated heterocycles. The van der Waals surface area contributed by atoms with E-state index >= 15 is 0 Å². The predicted octanol–water partition coefficient (Wildman–Crippen LogP) is 2.91. The van der Waals surface area contributed by atoms with E-state index in [9.17, 15) is 4.39 Å². The molecule has 18 heavy (non-hydrogen) atoms. The highest BCUT2D eigenvalue weighted by Gasteiger charge is 2.20. The van der Waals surface area contributed by atoms with Gasteiger partial charge in [-0.1, -0.05) is 23.7 Å². The number of nitrogens with one attached hydrogen (secondary N) is 1. The van der Waals surface area contributed by atoms with Crippen molar-refractivity contribution >= 4 is 11.6 Å². The van der Waals surface area contributed by atoms with Crippen LogP contribution in [0, 0.1) is 11.7 Å². The summed E-state index contributed by atoms with van der Waals surface area (Å²) in [5.41, 5.74) is 0.701. The van der Waals surface area contributed by atoms with Crippen molar-refractivity contribution in [1.29, 1.82) is 0 Å². The molecule has 100 valence electrons. The van der Waals surface area contributed by atoms with E-state index < -0.39 is 0 Å². The van der Waals surface area contributed by atoms with Gasteiger partial charge in [0.05, 0.1) is 5.02 Å². The molecule has 1 aromatic carbocycles. The summed E-state index contributed by atoms with van der Waals surface area (Å²) in [4.78, 5) is 2.32. The first kappa shape index (κ1) is 13.8. The second kappa shape index (κ2) is 6.50. The van der Waals surface area contributed by atoms with Crippen LogP contribution in [0.5, 0.6) is 0 Å². The van der Waals surface area contributed by atoms with Crippen molar-refractivity contribution in [2.24, 2.45) is 5.92 Å². The predicted molar refractivity (Wildman–Crippen MR) is 73.3 cm³/mol. The van der Waals surface area contributed by atoms with Crippen molar-refractivity contribution in [3.05, 3.63) is 34.6 Å². The molecule has 2 rings (SSSR count).